The third-order valence-corrected chi connectivity index (χ3v) is 4.43. The molecule has 0 bridgehead atoms. The molecule has 1 aromatic rings. The molecule has 5 nitrogen and oxygen atoms in total. The molecule has 0 aliphatic carbocycles. The lowest BCUT2D eigenvalue weighted by atomic mass is 10.2. The van der Waals surface area contributed by atoms with Gasteiger partial charge in [-0.2, -0.15) is 0 Å². The Bertz CT molecular complexity index is 492. The van der Waals surface area contributed by atoms with Crippen LogP contribution in [0.4, 0.5) is 5.69 Å². The Morgan fingerprint density at radius 2 is 1.74 bits per heavy atom. The molecule has 1 fully saturated rings. The minimum atomic E-state index is 0.114. The molecule has 1 aliphatic heterocycles. The fraction of sp³-hybridized carbons (Fsp3) is 0.667. The first-order valence-electron chi connectivity index (χ1n) is 8.91. The topological polar surface area (TPSA) is 39.7 Å². The fourth-order valence-electron chi connectivity index (χ4n) is 3.08. The van der Waals surface area contributed by atoms with Crippen LogP contribution in [0.5, 0.6) is 0 Å². The molecular formula is C18H30N4O. The molecule has 0 saturated carbocycles. The number of likely N-dealkylation sites (N-methyl/N-ethyl adjacent to an activating group) is 1. The number of aromatic nitrogens is 1. The molecule has 0 spiro atoms. The number of carbonyl (C=O) groups is 1. The Morgan fingerprint density at radius 3 is 2.30 bits per heavy atom. The highest BCUT2D eigenvalue weighted by atomic mass is 16.2. The van der Waals surface area contributed by atoms with Gasteiger partial charge in [-0.05, 0) is 25.5 Å². The van der Waals surface area contributed by atoms with Crippen LogP contribution in [0.1, 0.15) is 44.0 Å². The predicted molar refractivity (Wildman–Crippen MR) is 95.0 cm³/mol. The van der Waals surface area contributed by atoms with Crippen LogP contribution in [0.2, 0.25) is 0 Å². The number of hydrogen-bond acceptors (Lipinski definition) is 4. The summed E-state index contributed by atoms with van der Waals surface area (Å²) in [7, 11) is 0. The van der Waals surface area contributed by atoms with Gasteiger partial charge in [0.25, 0.3) is 5.91 Å². The van der Waals surface area contributed by atoms with Crippen molar-refractivity contribution in [2.75, 3.05) is 50.7 Å². The van der Waals surface area contributed by atoms with E-state index in [1.165, 1.54) is 0 Å². The van der Waals surface area contributed by atoms with Crippen LogP contribution in [0.15, 0.2) is 18.5 Å². The number of hydrogen-bond donors (Lipinski definition) is 0. The molecule has 0 radical (unpaired) electrons. The molecule has 2 heterocycles. The summed E-state index contributed by atoms with van der Waals surface area (Å²) in [5.41, 5.74) is 1.77. The largest absolute Gasteiger partial charge is 0.370 e. The van der Waals surface area contributed by atoms with Crippen LogP contribution >= 0.6 is 0 Å². The molecule has 0 aromatic carbocycles. The van der Waals surface area contributed by atoms with Crippen molar-refractivity contribution in [2.24, 2.45) is 0 Å². The monoisotopic (exact) mass is 318 g/mol. The molecule has 1 aromatic heterocycles. The number of pyridine rings is 1. The minimum absolute atomic E-state index is 0.114. The second kappa shape index (κ2) is 8.87. The maximum Gasteiger partial charge on any atom is 0.255 e. The van der Waals surface area contributed by atoms with E-state index in [4.69, 9.17) is 0 Å². The molecule has 1 saturated heterocycles. The molecule has 23 heavy (non-hydrogen) atoms. The standard InChI is InChI=1S/C18H30N4O/c1-4-7-21(8-5-2)17-13-16(14-19-15-17)18(23)22-11-9-20(6-3)10-12-22/h13-15H,4-12H2,1-3H3. The minimum Gasteiger partial charge on any atom is -0.370 e. The normalized spacial score (nSPS) is 15.7. The first-order chi connectivity index (χ1) is 11.2. The summed E-state index contributed by atoms with van der Waals surface area (Å²) in [6.45, 7) is 13.1. The van der Waals surface area contributed by atoms with E-state index in [1.54, 1.807) is 6.20 Å². The van der Waals surface area contributed by atoms with E-state index in [0.717, 1.165) is 64.3 Å². The van der Waals surface area contributed by atoms with Crippen molar-refractivity contribution in [1.82, 2.24) is 14.8 Å². The summed E-state index contributed by atoms with van der Waals surface area (Å²) in [5.74, 6) is 0.114. The SMILES string of the molecule is CCCN(CCC)c1cncc(C(=O)N2CCN(CC)CC2)c1. The van der Waals surface area contributed by atoms with Gasteiger partial charge in [-0.15, -0.1) is 0 Å². The van der Waals surface area contributed by atoms with Gasteiger partial charge in [-0.3, -0.25) is 9.78 Å². The van der Waals surface area contributed by atoms with Gasteiger partial charge in [0.05, 0.1) is 17.4 Å². The number of rotatable bonds is 7. The lowest BCUT2D eigenvalue weighted by Gasteiger charge is -2.34. The summed E-state index contributed by atoms with van der Waals surface area (Å²) < 4.78 is 0. The Kier molecular flexibility index (Phi) is 6.84. The van der Waals surface area contributed by atoms with Gasteiger partial charge in [-0.25, -0.2) is 0 Å². The number of piperazine rings is 1. The molecule has 1 amide bonds. The van der Waals surface area contributed by atoms with Gasteiger partial charge in [0.2, 0.25) is 0 Å². The Labute approximate surface area is 140 Å². The lowest BCUT2D eigenvalue weighted by molar-refractivity contribution is 0.0643. The first kappa shape index (κ1) is 17.7. The quantitative estimate of drug-likeness (QED) is 0.774. The Hall–Kier alpha value is -1.62. The molecule has 0 atom stereocenters. The summed E-state index contributed by atoms with van der Waals surface area (Å²) in [5, 5.41) is 0. The fourth-order valence-corrected chi connectivity index (χ4v) is 3.08. The number of amides is 1. The molecule has 128 valence electrons. The first-order valence-corrected chi connectivity index (χ1v) is 8.91. The zero-order valence-electron chi connectivity index (χ0n) is 14.8. The van der Waals surface area contributed by atoms with Gasteiger partial charge in [0, 0.05) is 45.5 Å². The second-order valence-corrected chi connectivity index (χ2v) is 6.15. The van der Waals surface area contributed by atoms with Crippen LogP contribution < -0.4 is 4.90 Å². The number of carbonyl (C=O) groups excluding carboxylic acids is 1. The van der Waals surface area contributed by atoms with Crippen molar-refractivity contribution in [3.63, 3.8) is 0 Å². The summed E-state index contributed by atoms with van der Waals surface area (Å²) >= 11 is 0. The highest BCUT2D eigenvalue weighted by Crippen LogP contribution is 2.17. The van der Waals surface area contributed by atoms with Crippen molar-refractivity contribution >= 4 is 11.6 Å². The maximum atomic E-state index is 12.7. The number of anilines is 1. The van der Waals surface area contributed by atoms with Crippen LogP contribution in [-0.2, 0) is 0 Å². The molecule has 5 heteroatoms. The van der Waals surface area contributed by atoms with E-state index in [2.05, 4.69) is 35.6 Å². The highest BCUT2D eigenvalue weighted by molar-refractivity contribution is 5.94. The van der Waals surface area contributed by atoms with Crippen LogP contribution in [-0.4, -0.2) is 66.5 Å². The third kappa shape index (κ3) is 4.67. The predicted octanol–water partition coefficient (Wildman–Crippen LogP) is 2.49. The van der Waals surface area contributed by atoms with Gasteiger partial charge < -0.3 is 14.7 Å². The summed E-state index contributed by atoms with van der Waals surface area (Å²) in [6.07, 6.45) is 5.76. The van der Waals surface area contributed by atoms with Crippen LogP contribution in [0, 0.1) is 0 Å². The summed E-state index contributed by atoms with van der Waals surface area (Å²) in [6, 6.07) is 2.01. The molecule has 2 rings (SSSR count). The summed E-state index contributed by atoms with van der Waals surface area (Å²) in [4.78, 5) is 23.7. The highest BCUT2D eigenvalue weighted by Gasteiger charge is 2.22. The van der Waals surface area contributed by atoms with Gasteiger partial charge in [0.1, 0.15) is 0 Å². The van der Waals surface area contributed by atoms with Crippen molar-refractivity contribution in [2.45, 2.75) is 33.6 Å². The Morgan fingerprint density at radius 1 is 1.09 bits per heavy atom. The van der Waals surface area contributed by atoms with Gasteiger partial charge in [0.15, 0.2) is 0 Å². The van der Waals surface area contributed by atoms with Crippen molar-refractivity contribution in [1.29, 1.82) is 0 Å². The Balaban J connectivity index is 2.07. The van der Waals surface area contributed by atoms with E-state index in [-0.39, 0.29) is 5.91 Å². The molecule has 0 N–H and O–H groups in total. The third-order valence-electron chi connectivity index (χ3n) is 4.43. The average molecular weight is 318 g/mol. The van der Waals surface area contributed by atoms with Gasteiger partial charge >= 0.3 is 0 Å². The zero-order chi connectivity index (χ0) is 16.7. The van der Waals surface area contributed by atoms with E-state index in [1.807, 2.05) is 17.2 Å². The van der Waals surface area contributed by atoms with Crippen molar-refractivity contribution in [3.05, 3.63) is 24.0 Å². The van der Waals surface area contributed by atoms with E-state index >= 15 is 0 Å². The van der Waals surface area contributed by atoms with E-state index in [9.17, 15) is 4.79 Å². The van der Waals surface area contributed by atoms with Crippen molar-refractivity contribution in [3.8, 4) is 0 Å². The number of nitrogens with zero attached hydrogens (tertiary/aromatic N) is 4. The molecule has 0 unspecified atom stereocenters. The maximum absolute atomic E-state index is 12.7. The van der Waals surface area contributed by atoms with Crippen LogP contribution in [0.3, 0.4) is 0 Å². The van der Waals surface area contributed by atoms with Crippen LogP contribution in [0.25, 0.3) is 0 Å². The van der Waals surface area contributed by atoms with E-state index in [0.29, 0.717) is 5.56 Å². The van der Waals surface area contributed by atoms with Crippen molar-refractivity contribution < 1.29 is 4.79 Å². The molecular weight excluding hydrogens is 288 g/mol. The zero-order valence-corrected chi connectivity index (χ0v) is 14.8. The van der Waals surface area contributed by atoms with Gasteiger partial charge in [-0.1, -0.05) is 20.8 Å². The second-order valence-electron chi connectivity index (χ2n) is 6.15. The lowest BCUT2D eigenvalue weighted by Crippen LogP contribution is -2.48. The van der Waals surface area contributed by atoms with E-state index < -0.39 is 0 Å². The molecule has 1 aliphatic rings. The smallest absolute Gasteiger partial charge is 0.255 e. The average Bonchev–Trinajstić information content (AvgIpc) is 2.61.